The fourth-order valence-corrected chi connectivity index (χ4v) is 1.06. The summed E-state index contributed by atoms with van der Waals surface area (Å²) < 4.78 is 10.3. The molecule has 1 heterocycles. The summed E-state index contributed by atoms with van der Waals surface area (Å²) in [6.45, 7) is 8.93. The number of esters is 1. The van der Waals surface area contributed by atoms with E-state index >= 15 is 0 Å². The molecule has 2 unspecified atom stereocenters. The predicted molar refractivity (Wildman–Crippen MR) is 44.5 cm³/mol. The van der Waals surface area contributed by atoms with Gasteiger partial charge < -0.3 is 9.47 Å². The SMILES string of the molecule is C=C(C)C(=O)OC1(CC)OC1C. The summed E-state index contributed by atoms with van der Waals surface area (Å²) in [6, 6.07) is 0. The Labute approximate surface area is 72.4 Å². The number of hydrogen-bond donors (Lipinski definition) is 0. The van der Waals surface area contributed by atoms with Crippen molar-refractivity contribution in [2.75, 3.05) is 0 Å². The average Bonchev–Trinajstić information content (AvgIpc) is 2.62. The smallest absolute Gasteiger partial charge is 0.335 e. The van der Waals surface area contributed by atoms with Crippen molar-refractivity contribution in [3.63, 3.8) is 0 Å². The van der Waals surface area contributed by atoms with Crippen LogP contribution in [-0.4, -0.2) is 17.9 Å². The summed E-state index contributed by atoms with van der Waals surface area (Å²) in [5.74, 6) is -1.03. The van der Waals surface area contributed by atoms with Crippen molar-refractivity contribution in [2.24, 2.45) is 0 Å². The zero-order valence-corrected chi connectivity index (χ0v) is 7.72. The summed E-state index contributed by atoms with van der Waals surface area (Å²) in [6.07, 6.45) is 0.707. The van der Waals surface area contributed by atoms with Gasteiger partial charge in [0.05, 0.1) is 0 Å². The Morgan fingerprint density at radius 2 is 2.25 bits per heavy atom. The second-order valence-electron chi connectivity index (χ2n) is 3.10. The van der Waals surface area contributed by atoms with E-state index in [2.05, 4.69) is 6.58 Å². The van der Waals surface area contributed by atoms with Gasteiger partial charge in [-0.2, -0.15) is 0 Å². The molecule has 1 rings (SSSR count). The van der Waals surface area contributed by atoms with Gasteiger partial charge in [-0.15, -0.1) is 0 Å². The fraction of sp³-hybridized carbons (Fsp3) is 0.667. The third-order valence-electron chi connectivity index (χ3n) is 2.05. The first-order valence-corrected chi connectivity index (χ1v) is 4.08. The van der Waals surface area contributed by atoms with E-state index in [1.54, 1.807) is 6.92 Å². The Balaban J connectivity index is 2.51. The Kier molecular flexibility index (Phi) is 2.24. The molecule has 2 atom stereocenters. The van der Waals surface area contributed by atoms with Gasteiger partial charge >= 0.3 is 5.97 Å². The number of epoxide rings is 1. The molecule has 1 aliphatic heterocycles. The van der Waals surface area contributed by atoms with Crippen LogP contribution < -0.4 is 0 Å². The molecule has 0 aromatic rings. The van der Waals surface area contributed by atoms with Crippen molar-refractivity contribution in [2.45, 2.75) is 39.1 Å². The molecule has 0 saturated carbocycles. The van der Waals surface area contributed by atoms with Crippen LogP contribution in [0.5, 0.6) is 0 Å². The third kappa shape index (κ3) is 1.50. The maximum Gasteiger partial charge on any atom is 0.335 e. The summed E-state index contributed by atoms with van der Waals surface area (Å²) in [5.41, 5.74) is 0.408. The highest BCUT2D eigenvalue weighted by Gasteiger charge is 2.56. The van der Waals surface area contributed by atoms with Crippen LogP contribution >= 0.6 is 0 Å². The van der Waals surface area contributed by atoms with Crippen LogP contribution in [0.4, 0.5) is 0 Å². The largest absolute Gasteiger partial charge is 0.427 e. The maximum absolute atomic E-state index is 11.1. The van der Waals surface area contributed by atoms with Gasteiger partial charge in [-0.05, 0) is 13.8 Å². The lowest BCUT2D eigenvalue weighted by Crippen LogP contribution is -2.22. The van der Waals surface area contributed by atoms with E-state index in [9.17, 15) is 4.79 Å². The molecule has 0 amide bonds. The summed E-state index contributed by atoms with van der Waals surface area (Å²) in [4.78, 5) is 11.1. The predicted octanol–water partition coefficient (Wildman–Crippen LogP) is 1.63. The maximum atomic E-state index is 11.1. The molecule has 0 N–H and O–H groups in total. The lowest BCUT2D eigenvalue weighted by atomic mass is 10.2. The normalized spacial score (nSPS) is 32.8. The number of hydrogen-bond acceptors (Lipinski definition) is 3. The van der Waals surface area contributed by atoms with Gasteiger partial charge in [0.2, 0.25) is 5.79 Å². The molecule has 0 bridgehead atoms. The molecule has 1 saturated heterocycles. The van der Waals surface area contributed by atoms with Crippen molar-refractivity contribution >= 4 is 5.97 Å². The minimum absolute atomic E-state index is 0.0193. The Morgan fingerprint density at radius 1 is 1.75 bits per heavy atom. The van der Waals surface area contributed by atoms with Crippen LogP contribution in [-0.2, 0) is 14.3 Å². The number of rotatable bonds is 3. The van der Waals surface area contributed by atoms with Gasteiger partial charge in [0.25, 0.3) is 0 Å². The van der Waals surface area contributed by atoms with Crippen molar-refractivity contribution < 1.29 is 14.3 Å². The van der Waals surface area contributed by atoms with E-state index in [1.165, 1.54) is 0 Å². The third-order valence-corrected chi connectivity index (χ3v) is 2.05. The average molecular weight is 170 g/mol. The molecule has 12 heavy (non-hydrogen) atoms. The lowest BCUT2D eigenvalue weighted by molar-refractivity contribution is -0.154. The molecule has 0 aromatic carbocycles. The fourth-order valence-electron chi connectivity index (χ4n) is 1.06. The van der Waals surface area contributed by atoms with Crippen LogP contribution in [0.25, 0.3) is 0 Å². The number of carbonyl (C=O) groups excluding carboxylic acids is 1. The van der Waals surface area contributed by atoms with Gasteiger partial charge in [-0.1, -0.05) is 13.5 Å². The Morgan fingerprint density at radius 3 is 2.50 bits per heavy atom. The standard InChI is InChI=1S/C9H14O3/c1-5-9(7(4)11-9)12-8(10)6(2)3/h7H,2,5H2,1,3-4H3. The molecule has 0 aliphatic carbocycles. The molecule has 0 radical (unpaired) electrons. The molecule has 1 fully saturated rings. The highest BCUT2D eigenvalue weighted by Crippen LogP contribution is 2.40. The van der Waals surface area contributed by atoms with E-state index in [1.807, 2.05) is 13.8 Å². The zero-order chi connectivity index (χ0) is 9.35. The van der Waals surface area contributed by atoms with Crippen LogP contribution in [0.3, 0.4) is 0 Å². The van der Waals surface area contributed by atoms with E-state index in [0.29, 0.717) is 12.0 Å². The van der Waals surface area contributed by atoms with E-state index in [0.717, 1.165) is 0 Å². The van der Waals surface area contributed by atoms with Gasteiger partial charge in [0.1, 0.15) is 6.10 Å². The first kappa shape index (κ1) is 9.26. The molecule has 3 nitrogen and oxygen atoms in total. The molecule has 0 spiro atoms. The first-order valence-electron chi connectivity index (χ1n) is 4.08. The van der Waals surface area contributed by atoms with Gasteiger partial charge in [-0.25, -0.2) is 4.79 Å². The van der Waals surface area contributed by atoms with Gasteiger partial charge in [0.15, 0.2) is 0 Å². The van der Waals surface area contributed by atoms with Crippen molar-refractivity contribution in [3.05, 3.63) is 12.2 Å². The van der Waals surface area contributed by atoms with Gasteiger partial charge in [0, 0.05) is 12.0 Å². The van der Waals surface area contributed by atoms with Crippen LogP contribution in [0.1, 0.15) is 27.2 Å². The van der Waals surface area contributed by atoms with Crippen molar-refractivity contribution in [3.8, 4) is 0 Å². The summed E-state index contributed by atoms with van der Waals surface area (Å²) in [5, 5.41) is 0. The zero-order valence-electron chi connectivity index (χ0n) is 7.72. The summed E-state index contributed by atoms with van der Waals surface area (Å²) >= 11 is 0. The topological polar surface area (TPSA) is 38.8 Å². The second kappa shape index (κ2) is 2.90. The van der Waals surface area contributed by atoms with E-state index in [4.69, 9.17) is 9.47 Å². The van der Waals surface area contributed by atoms with E-state index < -0.39 is 5.79 Å². The Hall–Kier alpha value is -0.830. The van der Waals surface area contributed by atoms with Crippen LogP contribution in [0, 0.1) is 0 Å². The quantitative estimate of drug-likeness (QED) is 0.367. The van der Waals surface area contributed by atoms with Gasteiger partial charge in [-0.3, -0.25) is 0 Å². The number of carbonyl (C=O) groups is 1. The molecular weight excluding hydrogens is 156 g/mol. The molecule has 0 aromatic heterocycles. The van der Waals surface area contributed by atoms with Crippen LogP contribution in [0.15, 0.2) is 12.2 Å². The number of ether oxygens (including phenoxy) is 2. The molecule has 68 valence electrons. The lowest BCUT2D eigenvalue weighted by Gasteiger charge is -2.10. The highest BCUT2D eigenvalue weighted by atomic mass is 16.8. The molecule has 3 heteroatoms. The highest BCUT2D eigenvalue weighted by molar-refractivity contribution is 5.87. The Bertz CT molecular complexity index is 218. The molecule has 1 aliphatic rings. The van der Waals surface area contributed by atoms with Crippen molar-refractivity contribution in [1.82, 2.24) is 0 Å². The first-order chi connectivity index (χ1) is 5.52. The second-order valence-corrected chi connectivity index (χ2v) is 3.10. The monoisotopic (exact) mass is 170 g/mol. The molecular formula is C9H14O3. The minimum Gasteiger partial charge on any atom is -0.427 e. The summed E-state index contributed by atoms with van der Waals surface area (Å²) in [7, 11) is 0. The van der Waals surface area contributed by atoms with E-state index in [-0.39, 0.29) is 12.1 Å². The van der Waals surface area contributed by atoms with Crippen LogP contribution in [0.2, 0.25) is 0 Å². The van der Waals surface area contributed by atoms with Crippen molar-refractivity contribution in [1.29, 1.82) is 0 Å². The minimum atomic E-state index is -0.657.